The zero-order chi connectivity index (χ0) is 15.5. The summed E-state index contributed by atoms with van der Waals surface area (Å²) in [6.07, 6.45) is 5.59. The SMILES string of the molecule is Cc1nn(-c2ccccc2)c(C)c1C(=O)OC1CCCCC1. The van der Waals surface area contributed by atoms with E-state index in [0.29, 0.717) is 5.56 Å². The van der Waals surface area contributed by atoms with E-state index < -0.39 is 0 Å². The summed E-state index contributed by atoms with van der Waals surface area (Å²) >= 11 is 0. The first kappa shape index (κ1) is 14.8. The molecule has 1 saturated carbocycles. The van der Waals surface area contributed by atoms with E-state index in [0.717, 1.165) is 42.8 Å². The van der Waals surface area contributed by atoms with Crippen molar-refractivity contribution in [3.05, 3.63) is 47.3 Å². The van der Waals surface area contributed by atoms with Gasteiger partial charge in [0.15, 0.2) is 0 Å². The fourth-order valence-corrected chi connectivity index (χ4v) is 3.15. The van der Waals surface area contributed by atoms with Gasteiger partial charge in [-0.3, -0.25) is 0 Å². The van der Waals surface area contributed by atoms with Crippen molar-refractivity contribution >= 4 is 5.97 Å². The normalized spacial score (nSPS) is 15.7. The maximum absolute atomic E-state index is 12.5. The molecule has 0 N–H and O–H groups in total. The lowest BCUT2D eigenvalue weighted by Crippen LogP contribution is -2.21. The molecule has 0 amide bonds. The van der Waals surface area contributed by atoms with Gasteiger partial charge in [-0.2, -0.15) is 5.10 Å². The summed E-state index contributed by atoms with van der Waals surface area (Å²) in [6.45, 7) is 3.79. The van der Waals surface area contributed by atoms with Gasteiger partial charge in [0.1, 0.15) is 11.7 Å². The Morgan fingerprint density at radius 2 is 1.82 bits per heavy atom. The number of carbonyl (C=O) groups excluding carboxylic acids is 1. The zero-order valence-corrected chi connectivity index (χ0v) is 13.2. The fourth-order valence-electron chi connectivity index (χ4n) is 3.15. The van der Waals surface area contributed by atoms with E-state index in [-0.39, 0.29) is 12.1 Å². The van der Waals surface area contributed by atoms with E-state index in [2.05, 4.69) is 5.10 Å². The maximum Gasteiger partial charge on any atom is 0.342 e. The van der Waals surface area contributed by atoms with Gasteiger partial charge in [0.05, 0.1) is 17.1 Å². The molecule has 1 fully saturated rings. The molecule has 0 atom stereocenters. The number of benzene rings is 1. The van der Waals surface area contributed by atoms with Gasteiger partial charge in [-0.15, -0.1) is 0 Å². The topological polar surface area (TPSA) is 44.1 Å². The number of hydrogen-bond donors (Lipinski definition) is 0. The molecule has 2 aromatic rings. The molecule has 22 heavy (non-hydrogen) atoms. The second-order valence-corrected chi connectivity index (χ2v) is 5.96. The number of hydrogen-bond acceptors (Lipinski definition) is 3. The predicted octanol–water partition coefficient (Wildman–Crippen LogP) is 3.98. The summed E-state index contributed by atoms with van der Waals surface area (Å²) < 4.78 is 7.51. The number of esters is 1. The maximum atomic E-state index is 12.5. The van der Waals surface area contributed by atoms with Gasteiger partial charge in [-0.1, -0.05) is 24.6 Å². The van der Waals surface area contributed by atoms with Crippen LogP contribution in [0.5, 0.6) is 0 Å². The van der Waals surface area contributed by atoms with E-state index >= 15 is 0 Å². The van der Waals surface area contributed by atoms with Crippen molar-refractivity contribution < 1.29 is 9.53 Å². The molecule has 0 spiro atoms. The monoisotopic (exact) mass is 298 g/mol. The molecule has 3 rings (SSSR count). The largest absolute Gasteiger partial charge is 0.459 e. The summed E-state index contributed by atoms with van der Waals surface area (Å²) in [4.78, 5) is 12.5. The quantitative estimate of drug-likeness (QED) is 0.805. The fraction of sp³-hybridized carbons (Fsp3) is 0.444. The average molecular weight is 298 g/mol. The Hall–Kier alpha value is -2.10. The van der Waals surface area contributed by atoms with Crippen LogP contribution in [0, 0.1) is 13.8 Å². The smallest absolute Gasteiger partial charge is 0.342 e. The molecule has 1 aliphatic rings. The molecule has 1 aromatic heterocycles. The Morgan fingerprint density at radius 3 is 2.50 bits per heavy atom. The summed E-state index contributed by atoms with van der Waals surface area (Å²) in [5, 5.41) is 4.51. The Bertz CT molecular complexity index is 655. The summed E-state index contributed by atoms with van der Waals surface area (Å²) in [6, 6.07) is 9.86. The minimum atomic E-state index is -0.232. The molecule has 1 heterocycles. The van der Waals surface area contributed by atoms with Crippen molar-refractivity contribution in [1.82, 2.24) is 9.78 Å². The number of aryl methyl sites for hydroxylation is 1. The minimum absolute atomic E-state index is 0.0696. The molecule has 0 radical (unpaired) electrons. The van der Waals surface area contributed by atoms with Gasteiger partial charge in [-0.25, -0.2) is 9.48 Å². The molecule has 1 aromatic carbocycles. The van der Waals surface area contributed by atoms with Gasteiger partial charge >= 0.3 is 5.97 Å². The van der Waals surface area contributed by atoms with E-state index in [4.69, 9.17) is 4.74 Å². The van der Waals surface area contributed by atoms with Crippen LogP contribution in [0.25, 0.3) is 5.69 Å². The number of carbonyl (C=O) groups is 1. The van der Waals surface area contributed by atoms with Gasteiger partial charge in [0, 0.05) is 0 Å². The molecule has 4 nitrogen and oxygen atoms in total. The lowest BCUT2D eigenvalue weighted by atomic mass is 9.98. The molecule has 0 aliphatic heterocycles. The van der Waals surface area contributed by atoms with Crippen LogP contribution in [0.2, 0.25) is 0 Å². The third kappa shape index (κ3) is 2.91. The molecule has 0 bridgehead atoms. The number of rotatable bonds is 3. The first-order valence-electron chi connectivity index (χ1n) is 7.99. The highest BCUT2D eigenvalue weighted by Crippen LogP contribution is 2.24. The molecule has 0 saturated heterocycles. The lowest BCUT2D eigenvalue weighted by Gasteiger charge is -2.21. The van der Waals surface area contributed by atoms with Crippen LogP contribution >= 0.6 is 0 Å². The zero-order valence-electron chi connectivity index (χ0n) is 13.2. The first-order valence-corrected chi connectivity index (χ1v) is 7.99. The van der Waals surface area contributed by atoms with Crippen molar-refractivity contribution in [2.24, 2.45) is 0 Å². The highest BCUT2D eigenvalue weighted by Gasteiger charge is 2.24. The van der Waals surface area contributed by atoms with E-state index in [9.17, 15) is 4.79 Å². The molecular weight excluding hydrogens is 276 g/mol. The predicted molar refractivity (Wildman–Crippen MR) is 85.3 cm³/mol. The second kappa shape index (κ2) is 6.34. The average Bonchev–Trinajstić information content (AvgIpc) is 2.84. The van der Waals surface area contributed by atoms with Crippen molar-refractivity contribution in [2.75, 3.05) is 0 Å². The molecule has 4 heteroatoms. The summed E-state index contributed by atoms with van der Waals surface area (Å²) in [7, 11) is 0. The van der Waals surface area contributed by atoms with Gasteiger partial charge in [-0.05, 0) is 51.7 Å². The Kier molecular flexibility index (Phi) is 4.27. The van der Waals surface area contributed by atoms with Crippen LogP contribution in [-0.2, 0) is 4.74 Å². The van der Waals surface area contributed by atoms with Crippen LogP contribution in [-0.4, -0.2) is 21.9 Å². The van der Waals surface area contributed by atoms with Crippen LogP contribution in [0.4, 0.5) is 0 Å². The van der Waals surface area contributed by atoms with Crippen molar-refractivity contribution in [3.63, 3.8) is 0 Å². The van der Waals surface area contributed by atoms with Gasteiger partial charge < -0.3 is 4.74 Å². The summed E-state index contributed by atoms with van der Waals surface area (Å²) in [5.74, 6) is -0.232. The molecular formula is C18H22N2O2. The number of ether oxygens (including phenoxy) is 1. The molecule has 116 valence electrons. The van der Waals surface area contributed by atoms with Gasteiger partial charge in [0.2, 0.25) is 0 Å². The molecule has 1 aliphatic carbocycles. The highest BCUT2D eigenvalue weighted by molar-refractivity contribution is 5.92. The van der Waals surface area contributed by atoms with Gasteiger partial charge in [0.25, 0.3) is 0 Å². The van der Waals surface area contributed by atoms with Crippen molar-refractivity contribution in [1.29, 1.82) is 0 Å². The van der Waals surface area contributed by atoms with E-state index in [1.54, 1.807) is 0 Å². The van der Waals surface area contributed by atoms with Crippen molar-refractivity contribution in [2.45, 2.75) is 52.1 Å². The Labute approximate surface area is 131 Å². The minimum Gasteiger partial charge on any atom is -0.459 e. The number of nitrogens with zero attached hydrogens (tertiary/aromatic N) is 2. The molecule has 0 unspecified atom stereocenters. The highest BCUT2D eigenvalue weighted by atomic mass is 16.5. The van der Waals surface area contributed by atoms with Crippen molar-refractivity contribution in [3.8, 4) is 5.69 Å². The van der Waals surface area contributed by atoms with Crippen LogP contribution < -0.4 is 0 Å². The van der Waals surface area contributed by atoms with Crippen LogP contribution in [0.15, 0.2) is 30.3 Å². The first-order chi connectivity index (χ1) is 10.7. The Balaban J connectivity index is 1.84. The number of aromatic nitrogens is 2. The number of para-hydroxylation sites is 1. The second-order valence-electron chi connectivity index (χ2n) is 5.96. The van der Waals surface area contributed by atoms with Crippen LogP contribution in [0.1, 0.15) is 53.8 Å². The lowest BCUT2D eigenvalue weighted by molar-refractivity contribution is 0.0209. The summed E-state index contributed by atoms with van der Waals surface area (Å²) in [5.41, 5.74) is 3.13. The third-order valence-corrected chi connectivity index (χ3v) is 4.32. The third-order valence-electron chi connectivity index (χ3n) is 4.32. The van der Waals surface area contributed by atoms with E-state index in [1.165, 1.54) is 6.42 Å². The van der Waals surface area contributed by atoms with E-state index in [1.807, 2.05) is 48.9 Å². The van der Waals surface area contributed by atoms with Crippen LogP contribution in [0.3, 0.4) is 0 Å². The Morgan fingerprint density at radius 1 is 1.14 bits per heavy atom. The standard InChI is InChI=1S/C18H22N2O2/c1-13-17(18(21)22-16-11-7-4-8-12-16)14(2)20(19-13)15-9-5-3-6-10-15/h3,5-6,9-10,16H,4,7-8,11-12H2,1-2H3.